The van der Waals surface area contributed by atoms with E-state index in [4.69, 9.17) is 0 Å². The van der Waals surface area contributed by atoms with Gasteiger partial charge >= 0.3 is 0 Å². The van der Waals surface area contributed by atoms with Gasteiger partial charge in [-0.2, -0.15) is 0 Å². The third-order valence-corrected chi connectivity index (χ3v) is 5.52. The number of hydrogen-bond donors (Lipinski definition) is 0. The lowest BCUT2D eigenvalue weighted by molar-refractivity contribution is 0.607. The van der Waals surface area contributed by atoms with Gasteiger partial charge in [0.05, 0.1) is 0 Å². The van der Waals surface area contributed by atoms with Crippen LogP contribution in [0.5, 0.6) is 0 Å². The van der Waals surface area contributed by atoms with Gasteiger partial charge in [-0.05, 0) is 42.7 Å². The van der Waals surface area contributed by atoms with Crippen LogP contribution in [-0.4, -0.2) is 9.97 Å². The fraction of sp³-hybridized carbons (Fsp3) is 0.565. The Morgan fingerprint density at radius 2 is 1.48 bits per heavy atom. The molecule has 0 aliphatic heterocycles. The van der Waals surface area contributed by atoms with Crippen LogP contribution in [-0.2, 0) is 6.42 Å². The SMILES string of the molecule is CCCCCCCCc1cnc(-c2ccc(C3CCCC3)cc2)nc1. The van der Waals surface area contributed by atoms with E-state index in [0.717, 1.165) is 23.7 Å². The molecular formula is C23H32N2. The third-order valence-electron chi connectivity index (χ3n) is 5.52. The number of benzene rings is 1. The van der Waals surface area contributed by atoms with Crippen molar-refractivity contribution >= 4 is 0 Å². The van der Waals surface area contributed by atoms with Crippen molar-refractivity contribution in [2.45, 2.75) is 83.5 Å². The van der Waals surface area contributed by atoms with Gasteiger partial charge < -0.3 is 0 Å². The first-order valence-electron chi connectivity index (χ1n) is 10.3. The Balaban J connectivity index is 1.49. The van der Waals surface area contributed by atoms with Crippen LogP contribution in [0.2, 0.25) is 0 Å². The Morgan fingerprint density at radius 3 is 2.16 bits per heavy atom. The van der Waals surface area contributed by atoms with Crippen molar-refractivity contribution in [1.82, 2.24) is 9.97 Å². The van der Waals surface area contributed by atoms with E-state index in [1.807, 2.05) is 12.4 Å². The largest absolute Gasteiger partial charge is 0.236 e. The van der Waals surface area contributed by atoms with Gasteiger partial charge in [0, 0.05) is 18.0 Å². The molecule has 1 heterocycles. The number of aryl methyl sites for hydroxylation is 1. The van der Waals surface area contributed by atoms with Crippen LogP contribution in [0.15, 0.2) is 36.7 Å². The van der Waals surface area contributed by atoms with Gasteiger partial charge in [-0.3, -0.25) is 0 Å². The fourth-order valence-corrected chi connectivity index (χ4v) is 3.91. The maximum atomic E-state index is 4.59. The van der Waals surface area contributed by atoms with Gasteiger partial charge in [-0.1, -0.05) is 76.1 Å². The van der Waals surface area contributed by atoms with Crippen molar-refractivity contribution < 1.29 is 0 Å². The van der Waals surface area contributed by atoms with Crippen LogP contribution in [0.1, 0.15) is 88.2 Å². The van der Waals surface area contributed by atoms with Crippen molar-refractivity contribution in [2.75, 3.05) is 0 Å². The molecule has 0 amide bonds. The molecule has 0 unspecified atom stereocenters. The van der Waals surface area contributed by atoms with E-state index in [0.29, 0.717) is 0 Å². The summed E-state index contributed by atoms with van der Waals surface area (Å²) in [7, 11) is 0. The summed E-state index contributed by atoms with van der Waals surface area (Å²) in [6, 6.07) is 8.94. The highest BCUT2D eigenvalue weighted by Gasteiger charge is 2.16. The van der Waals surface area contributed by atoms with Crippen molar-refractivity contribution in [3.05, 3.63) is 47.8 Å². The summed E-state index contributed by atoms with van der Waals surface area (Å²) in [5.74, 6) is 1.62. The maximum absolute atomic E-state index is 4.59. The van der Waals surface area contributed by atoms with Gasteiger partial charge in [-0.25, -0.2) is 9.97 Å². The van der Waals surface area contributed by atoms with Crippen molar-refractivity contribution in [3.8, 4) is 11.4 Å². The molecule has 0 bridgehead atoms. The fourth-order valence-electron chi connectivity index (χ4n) is 3.91. The molecule has 25 heavy (non-hydrogen) atoms. The van der Waals surface area contributed by atoms with Crippen molar-refractivity contribution in [2.24, 2.45) is 0 Å². The molecule has 1 aliphatic rings. The van der Waals surface area contributed by atoms with Gasteiger partial charge in [0.25, 0.3) is 0 Å². The molecule has 1 saturated carbocycles. The minimum absolute atomic E-state index is 0.773. The first-order valence-corrected chi connectivity index (χ1v) is 10.3. The number of nitrogens with zero attached hydrogens (tertiary/aromatic N) is 2. The molecule has 134 valence electrons. The molecule has 2 heteroatoms. The summed E-state index contributed by atoms with van der Waals surface area (Å²) in [4.78, 5) is 9.19. The third kappa shape index (κ3) is 5.39. The summed E-state index contributed by atoms with van der Waals surface area (Å²) in [6.07, 6.45) is 18.6. The number of hydrogen-bond acceptors (Lipinski definition) is 2. The summed E-state index contributed by atoms with van der Waals surface area (Å²) < 4.78 is 0. The lowest BCUT2D eigenvalue weighted by Gasteiger charge is -2.10. The first kappa shape index (κ1) is 18.1. The molecule has 0 radical (unpaired) electrons. The standard InChI is InChI=1S/C23H32N2/c1-2-3-4-5-6-7-10-19-17-24-23(25-18-19)22-15-13-21(14-16-22)20-11-8-9-12-20/h13-18,20H,2-12H2,1H3. The Bertz CT molecular complexity index is 610. The first-order chi connectivity index (χ1) is 12.4. The predicted molar refractivity (Wildman–Crippen MR) is 106 cm³/mol. The Morgan fingerprint density at radius 1 is 0.840 bits per heavy atom. The predicted octanol–water partition coefficient (Wildman–Crippen LogP) is 6.70. The molecule has 0 spiro atoms. The minimum atomic E-state index is 0.773. The molecule has 0 atom stereocenters. The molecule has 1 aromatic heterocycles. The second kappa shape index (κ2) is 9.70. The van der Waals surface area contributed by atoms with Crippen LogP contribution in [0, 0.1) is 0 Å². The minimum Gasteiger partial charge on any atom is -0.236 e. The quantitative estimate of drug-likeness (QED) is 0.476. The molecule has 2 nitrogen and oxygen atoms in total. The lowest BCUT2D eigenvalue weighted by Crippen LogP contribution is -1.95. The Kier molecular flexibility index (Phi) is 7.02. The number of rotatable bonds is 9. The van der Waals surface area contributed by atoms with E-state index in [-0.39, 0.29) is 0 Å². The highest BCUT2D eigenvalue weighted by molar-refractivity contribution is 5.55. The van der Waals surface area contributed by atoms with Crippen LogP contribution in [0.4, 0.5) is 0 Å². The average Bonchev–Trinajstić information content (AvgIpc) is 3.20. The average molecular weight is 337 g/mol. The van der Waals surface area contributed by atoms with Crippen LogP contribution < -0.4 is 0 Å². The van der Waals surface area contributed by atoms with E-state index >= 15 is 0 Å². The van der Waals surface area contributed by atoms with E-state index in [1.165, 1.54) is 75.3 Å². The van der Waals surface area contributed by atoms with Gasteiger partial charge in [0.15, 0.2) is 5.82 Å². The van der Waals surface area contributed by atoms with Crippen molar-refractivity contribution in [1.29, 1.82) is 0 Å². The molecule has 1 fully saturated rings. The molecule has 1 aliphatic carbocycles. The summed E-state index contributed by atoms with van der Waals surface area (Å²) in [6.45, 7) is 2.27. The topological polar surface area (TPSA) is 25.8 Å². The van der Waals surface area contributed by atoms with Crippen LogP contribution >= 0.6 is 0 Å². The van der Waals surface area contributed by atoms with Crippen molar-refractivity contribution in [3.63, 3.8) is 0 Å². The van der Waals surface area contributed by atoms with E-state index in [9.17, 15) is 0 Å². The molecule has 1 aromatic carbocycles. The molecule has 3 rings (SSSR count). The zero-order chi connectivity index (χ0) is 17.3. The number of unbranched alkanes of at least 4 members (excludes halogenated alkanes) is 5. The normalized spacial score (nSPS) is 14.9. The zero-order valence-electron chi connectivity index (χ0n) is 15.7. The lowest BCUT2D eigenvalue weighted by atomic mass is 9.96. The van der Waals surface area contributed by atoms with Crippen LogP contribution in [0.25, 0.3) is 11.4 Å². The van der Waals surface area contributed by atoms with Gasteiger partial charge in [0.1, 0.15) is 0 Å². The van der Waals surface area contributed by atoms with E-state index < -0.39 is 0 Å². The Hall–Kier alpha value is -1.70. The zero-order valence-corrected chi connectivity index (χ0v) is 15.7. The monoisotopic (exact) mass is 336 g/mol. The van der Waals surface area contributed by atoms with Crippen LogP contribution in [0.3, 0.4) is 0 Å². The Labute approximate surface area is 153 Å². The van der Waals surface area contributed by atoms with E-state index in [2.05, 4.69) is 41.2 Å². The molecule has 0 N–H and O–H groups in total. The summed E-state index contributed by atoms with van der Waals surface area (Å²) >= 11 is 0. The highest BCUT2D eigenvalue weighted by Crippen LogP contribution is 2.34. The second-order valence-corrected chi connectivity index (χ2v) is 7.54. The summed E-state index contributed by atoms with van der Waals surface area (Å²) in [5.41, 5.74) is 3.88. The maximum Gasteiger partial charge on any atom is 0.159 e. The van der Waals surface area contributed by atoms with Gasteiger partial charge in [0.2, 0.25) is 0 Å². The second-order valence-electron chi connectivity index (χ2n) is 7.54. The molecule has 0 saturated heterocycles. The smallest absolute Gasteiger partial charge is 0.159 e. The number of aromatic nitrogens is 2. The molecule has 2 aromatic rings. The van der Waals surface area contributed by atoms with Gasteiger partial charge in [-0.15, -0.1) is 0 Å². The molecular weight excluding hydrogens is 304 g/mol. The highest BCUT2D eigenvalue weighted by atomic mass is 14.9. The van der Waals surface area contributed by atoms with E-state index in [1.54, 1.807) is 0 Å². The summed E-state index contributed by atoms with van der Waals surface area (Å²) in [5, 5.41) is 0.